The molecule has 13 nitrogen and oxygen atoms in total. The van der Waals surface area contributed by atoms with Crippen molar-refractivity contribution >= 4 is 35.8 Å². The Morgan fingerprint density at radius 2 is 0.594 bits per heavy atom. The van der Waals surface area contributed by atoms with Gasteiger partial charge in [-0.2, -0.15) is 0 Å². The summed E-state index contributed by atoms with van der Waals surface area (Å²) >= 11 is 0. The summed E-state index contributed by atoms with van der Waals surface area (Å²) in [6, 6.07) is -0.248. The van der Waals surface area contributed by atoms with Gasteiger partial charge >= 0.3 is 35.8 Å². The standard InChI is InChI=1S/C51H91NO12/c1-5-9-13-17-21-25-29-46(53)59-36-42(37-60-47(54)30-26-22-18-14-10-6-2)33-50(57)63-40-44-35-45(52-44)41-64-51(58)34-43(38-61-48(55)31-27-23-19-15-11-7-3)39-62-49(56)32-28-24-20-16-12-8-4/h42-45,52H,5-41H2,1-4H3/t44-,45-/m1/s1. The van der Waals surface area contributed by atoms with Gasteiger partial charge in [0.25, 0.3) is 0 Å². The molecule has 1 aliphatic heterocycles. The van der Waals surface area contributed by atoms with Crippen LogP contribution in [0.5, 0.6) is 0 Å². The SMILES string of the molecule is CCCCCCCCC(=O)OCC(COC(=O)CCCCCCCC)CC(=O)OC[C@H]1C[C@H](COC(=O)CC(COC(=O)CCCCCCCC)COC(=O)CCCCCCCC)N1. The van der Waals surface area contributed by atoms with Crippen molar-refractivity contribution in [3.63, 3.8) is 0 Å². The molecular weight excluding hydrogens is 819 g/mol. The third kappa shape index (κ3) is 35.1. The summed E-state index contributed by atoms with van der Waals surface area (Å²) in [4.78, 5) is 75.7. The Labute approximate surface area is 387 Å². The van der Waals surface area contributed by atoms with Gasteiger partial charge in [-0.1, -0.05) is 156 Å². The number of hydrogen-bond donors (Lipinski definition) is 1. The number of nitrogens with one attached hydrogen (secondary N) is 1. The van der Waals surface area contributed by atoms with Gasteiger partial charge in [-0.3, -0.25) is 28.8 Å². The van der Waals surface area contributed by atoms with Gasteiger partial charge in [-0.05, 0) is 32.1 Å². The lowest BCUT2D eigenvalue weighted by Crippen LogP contribution is -2.57. The zero-order chi connectivity index (χ0) is 46.9. The van der Waals surface area contributed by atoms with Crippen LogP contribution in [0.2, 0.25) is 0 Å². The molecule has 0 saturated carbocycles. The smallest absolute Gasteiger partial charge is 0.306 e. The molecule has 1 aliphatic rings. The third-order valence-corrected chi connectivity index (χ3v) is 11.7. The lowest BCUT2D eigenvalue weighted by Gasteiger charge is -2.36. The minimum Gasteiger partial charge on any atom is -0.465 e. The second-order valence-electron chi connectivity index (χ2n) is 18.1. The summed E-state index contributed by atoms with van der Waals surface area (Å²) in [6.07, 6.45) is 27.0. The number of esters is 6. The molecule has 372 valence electrons. The third-order valence-electron chi connectivity index (χ3n) is 11.7. The highest BCUT2D eigenvalue weighted by molar-refractivity contribution is 5.72. The fraction of sp³-hybridized carbons (Fsp3) is 0.882. The Morgan fingerprint density at radius 3 is 0.844 bits per heavy atom. The number of rotatable bonds is 44. The van der Waals surface area contributed by atoms with Gasteiger partial charge in [0.15, 0.2) is 0 Å². The molecule has 0 radical (unpaired) electrons. The molecular formula is C51H91NO12. The maximum atomic E-state index is 12.9. The summed E-state index contributed by atoms with van der Waals surface area (Å²) in [6.45, 7) is 8.75. The van der Waals surface area contributed by atoms with Crippen molar-refractivity contribution in [3.8, 4) is 0 Å². The van der Waals surface area contributed by atoms with E-state index in [1.165, 1.54) is 25.7 Å². The predicted octanol–water partition coefficient (Wildman–Crippen LogP) is 11.0. The molecule has 2 atom stereocenters. The summed E-state index contributed by atoms with van der Waals surface area (Å²) in [5, 5.41) is 3.27. The van der Waals surface area contributed by atoms with Crippen LogP contribution in [0, 0.1) is 11.8 Å². The Morgan fingerprint density at radius 1 is 0.359 bits per heavy atom. The lowest BCUT2D eigenvalue weighted by molar-refractivity contribution is -0.156. The highest BCUT2D eigenvalue weighted by Gasteiger charge is 2.31. The van der Waals surface area contributed by atoms with E-state index in [0.717, 1.165) is 128 Å². The summed E-state index contributed by atoms with van der Waals surface area (Å²) < 4.78 is 33.1. The molecule has 1 heterocycles. The highest BCUT2D eigenvalue weighted by Crippen LogP contribution is 2.18. The Bertz CT molecular complexity index is 1070. The van der Waals surface area contributed by atoms with Crippen molar-refractivity contribution in [2.24, 2.45) is 11.8 Å². The van der Waals surface area contributed by atoms with E-state index in [-0.39, 0.29) is 88.4 Å². The Kier molecular flexibility index (Phi) is 37.9. The van der Waals surface area contributed by atoms with Crippen molar-refractivity contribution in [2.75, 3.05) is 39.6 Å². The van der Waals surface area contributed by atoms with Crippen molar-refractivity contribution in [2.45, 2.75) is 239 Å². The number of unbranched alkanes of at least 4 members (excludes halogenated alkanes) is 20. The molecule has 0 bridgehead atoms. The summed E-state index contributed by atoms with van der Waals surface area (Å²) in [5.41, 5.74) is 0. The molecule has 0 aromatic rings. The second-order valence-corrected chi connectivity index (χ2v) is 18.1. The van der Waals surface area contributed by atoms with E-state index in [0.29, 0.717) is 32.1 Å². The highest BCUT2D eigenvalue weighted by atomic mass is 16.6. The van der Waals surface area contributed by atoms with Gasteiger partial charge in [0.1, 0.15) is 13.2 Å². The van der Waals surface area contributed by atoms with Gasteiger partial charge < -0.3 is 33.7 Å². The molecule has 0 aliphatic carbocycles. The van der Waals surface area contributed by atoms with Crippen LogP contribution in [0.15, 0.2) is 0 Å². The van der Waals surface area contributed by atoms with E-state index in [2.05, 4.69) is 33.0 Å². The van der Waals surface area contributed by atoms with Gasteiger partial charge in [-0.15, -0.1) is 0 Å². The van der Waals surface area contributed by atoms with E-state index >= 15 is 0 Å². The van der Waals surface area contributed by atoms with Gasteiger partial charge in [0.05, 0.1) is 39.3 Å². The molecule has 1 saturated heterocycles. The molecule has 0 unspecified atom stereocenters. The van der Waals surface area contributed by atoms with Gasteiger partial charge in [0.2, 0.25) is 0 Å². The Balaban J connectivity index is 2.54. The average Bonchev–Trinajstić information content (AvgIpc) is 3.26. The first-order valence-corrected chi connectivity index (χ1v) is 25.8. The van der Waals surface area contributed by atoms with E-state index in [4.69, 9.17) is 28.4 Å². The molecule has 13 heteroatoms. The van der Waals surface area contributed by atoms with Crippen molar-refractivity contribution in [1.82, 2.24) is 5.32 Å². The van der Waals surface area contributed by atoms with Crippen LogP contribution in [-0.2, 0) is 57.2 Å². The fourth-order valence-corrected chi connectivity index (χ4v) is 7.52. The van der Waals surface area contributed by atoms with Crippen LogP contribution in [0.25, 0.3) is 0 Å². The fourth-order valence-electron chi connectivity index (χ4n) is 7.52. The van der Waals surface area contributed by atoms with E-state index in [1.54, 1.807) is 0 Å². The zero-order valence-electron chi connectivity index (χ0n) is 40.9. The topological polar surface area (TPSA) is 170 Å². The maximum absolute atomic E-state index is 12.9. The van der Waals surface area contributed by atoms with Crippen LogP contribution in [-0.4, -0.2) is 87.5 Å². The molecule has 0 aromatic heterocycles. The normalized spacial score (nSPS) is 14.5. The monoisotopic (exact) mass is 910 g/mol. The first kappa shape index (κ1) is 58.8. The second kappa shape index (κ2) is 41.2. The first-order chi connectivity index (χ1) is 31.1. The van der Waals surface area contributed by atoms with Crippen LogP contribution in [0.3, 0.4) is 0 Å². The van der Waals surface area contributed by atoms with Crippen molar-refractivity contribution in [3.05, 3.63) is 0 Å². The zero-order valence-corrected chi connectivity index (χ0v) is 40.9. The van der Waals surface area contributed by atoms with Crippen LogP contribution in [0.4, 0.5) is 0 Å². The van der Waals surface area contributed by atoms with Crippen LogP contribution in [0.1, 0.15) is 227 Å². The van der Waals surface area contributed by atoms with E-state index < -0.39 is 23.8 Å². The molecule has 0 spiro atoms. The predicted molar refractivity (Wildman–Crippen MR) is 249 cm³/mol. The number of carbonyl (C=O) groups is 6. The molecule has 1 rings (SSSR count). The number of hydrogen-bond acceptors (Lipinski definition) is 13. The Hall–Kier alpha value is -3.22. The summed E-state index contributed by atoms with van der Waals surface area (Å²) in [7, 11) is 0. The lowest BCUT2D eigenvalue weighted by atomic mass is 9.98. The molecule has 0 amide bonds. The maximum Gasteiger partial charge on any atom is 0.306 e. The van der Waals surface area contributed by atoms with E-state index in [9.17, 15) is 28.8 Å². The number of ether oxygens (including phenoxy) is 6. The van der Waals surface area contributed by atoms with Gasteiger partial charge in [0, 0.05) is 49.6 Å². The largest absolute Gasteiger partial charge is 0.465 e. The van der Waals surface area contributed by atoms with Crippen molar-refractivity contribution < 1.29 is 57.2 Å². The minimum absolute atomic E-state index is 0.0344. The minimum atomic E-state index is -0.521. The van der Waals surface area contributed by atoms with Crippen LogP contribution >= 0.6 is 0 Å². The average molecular weight is 910 g/mol. The quantitative estimate of drug-likeness (QED) is 0.0348. The van der Waals surface area contributed by atoms with Crippen molar-refractivity contribution in [1.29, 1.82) is 0 Å². The van der Waals surface area contributed by atoms with E-state index in [1.807, 2.05) is 0 Å². The molecule has 1 fully saturated rings. The first-order valence-electron chi connectivity index (χ1n) is 25.8. The van der Waals surface area contributed by atoms with Gasteiger partial charge in [-0.25, -0.2) is 0 Å². The van der Waals surface area contributed by atoms with Crippen LogP contribution < -0.4 is 5.32 Å². The molecule has 1 N–H and O–H groups in total. The molecule has 64 heavy (non-hydrogen) atoms. The molecule has 0 aromatic carbocycles. The number of carbonyl (C=O) groups excluding carboxylic acids is 6. The summed E-state index contributed by atoms with van der Waals surface area (Å²) in [5.74, 6) is -3.29.